The molecule has 0 bridgehead atoms. The van der Waals surface area contributed by atoms with Crippen molar-refractivity contribution < 1.29 is 4.79 Å². The Balaban J connectivity index is 1.21. The SMILES string of the molecule is O=C([C@@H]1CCCN(c2nc3cccnc3s2)C1)N1CCN(c2ccc(Cl)cc2)CC1. The number of pyridine rings is 1. The van der Waals surface area contributed by atoms with Gasteiger partial charge in [-0.1, -0.05) is 22.9 Å². The number of aromatic nitrogens is 2. The van der Waals surface area contributed by atoms with Crippen molar-refractivity contribution in [1.29, 1.82) is 0 Å². The number of carbonyl (C=O) groups is 1. The number of thiazole rings is 1. The predicted octanol–water partition coefficient (Wildman–Crippen LogP) is 3.91. The van der Waals surface area contributed by atoms with E-state index in [2.05, 4.69) is 14.8 Å². The molecule has 0 saturated carbocycles. The Hall–Kier alpha value is -2.38. The fourth-order valence-electron chi connectivity index (χ4n) is 4.34. The van der Waals surface area contributed by atoms with E-state index in [1.807, 2.05) is 41.3 Å². The number of carbonyl (C=O) groups excluding carboxylic acids is 1. The number of fused-ring (bicyclic) bond motifs is 1. The average molecular weight is 442 g/mol. The molecule has 6 nitrogen and oxygen atoms in total. The normalized spacial score (nSPS) is 20.0. The van der Waals surface area contributed by atoms with E-state index in [0.717, 1.165) is 72.6 Å². The molecule has 8 heteroatoms. The molecular weight excluding hydrogens is 418 g/mol. The zero-order valence-corrected chi connectivity index (χ0v) is 18.3. The summed E-state index contributed by atoms with van der Waals surface area (Å²) >= 11 is 7.61. The number of piperazine rings is 1. The van der Waals surface area contributed by atoms with Crippen LogP contribution in [0.4, 0.5) is 10.8 Å². The van der Waals surface area contributed by atoms with Gasteiger partial charge in [0.05, 0.1) is 5.92 Å². The Morgan fingerprint density at radius 1 is 1.03 bits per heavy atom. The van der Waals surface area contributed by atoms with Gasteiger partial charge in [0, 0.05) is 56.2 Å². The lowest BCUT2D eigenvalue weighted by Gasteiger charge is -2.39. The minimum atomic E-state index is 0.0424. The molecule has 2 aromatic heterocycles. The molecule has 156 valence electrons. The maximum atomic E-state index is 13.2. The molecule has 1 atom stereocenters. The molecule has 2 saturated heterocycles. The smallest absolute Gasteiger partial charge is 0.227 e. The van der Waals surface area contributed by atoms with Gasteiger partial charge in [-0.05, 0) is 49.2 Å². The van der Waals surface area contributed by atoms with Crippen LogP contribution >= 0.6 is 22.9 Å². The standard InChI is InChI=1S/C22H24ClN5OS/c23-17-5-7-18(8-6-17)26-11-13-27(14-12-26)21(29)16-3-2-10-28(15-16)22-25-19-4-1-9-24-20(19)30-22/h1,4-9,16H,2-3,10-15H2/t16-/m1/s1. The number of hydrogen-bond acceptors (Lipinski definition) is 6. The lowest BCUT2D eigenvalue weighted by Crippen LogP contribution is -2.52. The van der Waals surface area contributed by atoms with Crippen LogP contribution in [0.5, 0.6) is 0 Å². The lowest BCUT2D eigenvalue weighted by molar-refractivity contribution is -0.136. The van der Waals surface area contributed by atoms with Crippen LogP contribution in [-0.4, -0.2) is 60.0 Å². The summed E-state index contributed by atoms with van der Waals surface area (Å²) < 4.78 is 0. The second-order valence-corrected chi connectivity index (χ2v) is 9.29. The fraction of sp³-hybridized carbons (Fsp3) is 0.409. The monoisotopic (exact) mass is 441 g/mol. The third-order valence-electron chi connectivity index (χ3n) is 5.98. The van der Waals surface area contributed by atoms with Crippen LogP contribution in [0, 0.1) is 5.92 Å². The summed E-state index contributed by atoms with van der Waals surface area (Å²) in [4.78, 5) is 29.9. The summed E-state index contributed by atoms with van der Waals surface area (Å²) in [5.41, 5.74) is 2.10. The van der Waals surface area contributed by atoms with Crippen LogP contribution in [0.1, 0.15) is 12.8 Å². The van der Waals surface area contributed by atoms with Crippen LogP contribution in [0.2, 0.25) is 5.02 Å². The zero-order chi connectivity index (χ0) is 20.5. The second kappa shape index (κ2) is 8.40. The van der Waals surface area contributed by atoms with Crippen LogP contribution in [0.3, 0.4) is 0 Å². The Kier molecular flexibility index (Phi) is 5.48. The van der Waals surface area contributed by atoms with Gasteiger partial charge in [-0.2, -0.15) is 0 Å². The molecule has 5 rings (SSSR count). The Bertz CT molecular complexity index is 998. The number of rotatable bonds is 3. The minimum Gasteiger partial charge on any atom is -0.368 e. The molecular formula is C22H24ClN5OS. The molecule has 0 unspecified atom stereocenters. The van der Waals surface area contributed by atoms with E-state index in [4.69, 9.17) is 16.6 Å². The van der Waals surface area contributed by atoms with Gasteiger partial charge in [0.1, 0.15) is 10.3 Å². The second-order valence-electron chi connectivity index (χ2n) is 7.90. The third-order valence-corrected chi connectivity index (χ3v) is 7.27. The summed E-state index contributed by atoms with van der Waals surface area (Å²) in [6, 6.07) is 11.8. The molecule has 4 heterocycles. The van der Waals surface area contributed by atoms with Gasteiger partial charge in [-0.15, -0.1) is 0 Å². The summed E-state index contributed by atoms with van der Waals surface area (Å²) in [5.74, 6) is 0.329. The molecule has 0 N–H and O–H groups in total. The van der Waals surface area contributed by atoms with Gasteiger partial charge in [0.25, 0.3) is 0 Å². The first kappa shape index (κ1) is 19.6. The van der Waals surface area contributed by atoms with Crippen LogP contribution in [0.15, 0.2) is 42.6 Å². The van der Waals surface area contributed by atoms with Crippen molar-refractivity contribution in [3.8, 4) is 0 Å². The molecule has 1 aromatic carbocycles. The van der Waals surface area contributed by atoms with Gasteiger partial charge < -0.3 is 14.7 Å². The highest BCUT2D eigenvalue weighted by Gasteiger charge is 2.32. The van der Waals surface area contributed by atoms with Crippen LogP contribution < -0.4 is 9.80 Å². The predicted molar refractivity (Wildman–Crippen MR) is 123 cm³/mol. The van der Waals surface area contributed by atoms with Gasteiger partial charge >= 0.3 is 0 Å². The van der Waals surface area contributed by atoms with Crippen molar-refractivity contribution in [2.24, 2.45) is 5.92 Å². The van der Waals surface area contributed by atoms with Crippen LogP contribution in [-0.2, 0) is 4.79 Å². The molecule has 0 spiro atoms. The van der Waals surface area contributed by atoms with E-state index < -0.39 is 0 Å². The van der Waals surface area contributed by atoms with E-state index in [1.165, 1.54) is 5.69 Å². The highest BCUT2D eigenvalue weighted by atomic mass is 35.5. The molecule has 2 aliphatic heterocycles. The van der Waals surface area contributed by atoms with Gasteiger partial charge in [-0.3, -0.25) is 4.79 Å². The Morgan fingerprint density at radius 3 is 2.60 bits per heavy atom. The average Bonchev–Trinajstić information content (AvgIpc) is 3.24. The lowest BCUT2D eigenvalue weighted by atomic mass is 9.96. The first-order valence-electron chi connectivity index (χ1n) is 10.4. The third kappa shape index (κ3) is 3.96. The van der Waals surface area contributed by atoms with E-state index >= 15 is 0 Å². The number of nitrogens with zero attached hydrogens (tertiary/aromatic N) is 5. The first-order valence-corrected chi connectivity index (χ1v) is 11.6. The molecule has 30 heavy (non-hydrogen) atoms. The Morgan fingerprint density at radius 2 is 1.83 bits per heavy atom. The van der Waals surface area contributed by atoms with E-state index in [1.54, 1.807) is 17.5 Å². The summed E-state index contributed by atoms with van der Waals surface area (Å²) in [7, 11) is 0. The molecule has 0 radical (unpaired) electrons. The highest BCUT2D eigenvalue weighted by molar-refractivity contribution is 7.21. The molecule has 2 aliphatic rings. The van der Waals surface area contributed by atoms with Gasteiger partial charge in [0.2, 0.25) is 5.91 Å². The van der Waals surface area contributed by atoms with Crippen molar-refractivity contribution in [3.63, 3.8) is 0 Å². The van der Waals surface area contributed by atoms with Crippen molar-refractivity contribution in [1.82, 2.24) is 14.9 Å². The van der Waals surface area contributed by atoms with Gasteiger partial charge in [0.15, 0.2) is 5.13 Å². The number of piperidine rings is 1. The first-order chi connectivity index (χ1) is 14.7. The molecule has 2 fully saturated rings. The number of anilines is 2. The van der Waals surface area contributed by atoms with Crippen molar-refractivity contribution in [2.75, 3.05) is 49.1 Å². The maximum Gasteiger partial charge on any atom is 0.227 e. The molecule has 0 aliphatic carbocycles. The van der Waals surface area contributed by atoms with Gasteiger partial charge in [-0.25, -0.2) is 9.97 Å². The Labute approximate surface area is 185 Å². The highest BCUT2D eigenvalue weighted by Crippen LogP contribution is 2.31. The number of amides is 1. The van der Waals surface area contributed by atoms with Crippen molar-refractivity contribution >= 4 is 50.0 Å². The van der Waals surface area contributed by atoms with Crippen LogP contribution in [0.25, 0.3) is 10.3 Å². The number of hydrogen-bond donors (Lipinski definition) is 0. The molecule has 1 amide bonds. The topological polar surface area (TPSA) is 52.6 Å². The maximum absolute atomic E-state index is 13.2. The number of benzene rings is 1. The quantitative estimate of drug-likeness (QED) is 0.616. The van der Waals surface area contributed by atoms with E-state index in [0.29, 0.717) is 0 Å². The van der Waals surface area contributed by atoms with Crippen molar-refractivity contribution in [2.45, 2.75) is 12.8 Å². The zero-order valence-electron chi connectivity index (χ0n) is 16.7. The number of halogens is 1. The van der Waals surface area contributed by atoms with Crippen molar-refractivity contribution in [3.05, 3.63) is 47.6 Å². The largest absolute Gasteiger partial charge is 0.368 e. The van der Waals surface area contributed by atoms with E-state index in [-0.39, 0.29) is 11.8 Å². The summed E-state index contributed by atoms with van der Waals surface area (Å²) in [6.45, 7) is 4.94. The fourth-order valence-corrected chi connectivity index (χ4v) is 5.41. The summed E-state index contributed by atoms with van der Waals surface area (Å²) in [5, 5.41) is 1.73. The minimum absolute atomic E-state index is 0.0424. The summed E-state index contributed by atoms with van der Waals surface area (Å²) in [6.07, 6.45) is 3.77. The molecule has 3 aromatic rings. The van der Waals surface area contributed by atoms with E-state index in [9.17, 15) is 4.79 Å².